The maximum atomic E-state index is 13.2. The van der Waals surface area contributed by atoms with E-state index in [-0.39, 0.29) is 11.6 Å². The third-order valence-corrected chi connectivity index (χ3v) is 5.50. The Kier molecular flexibility index (Phi) is 4.33. The lowest BCUT2D eigenvalue weighted by Crippen LogP contribution is -2.33. The van der Waals surface area contributed by atoms with E-state index in [0.29, 0.717) is 11.3 Å². The molecule has 0 aromatic heterocycles. The Balaban J connectivity index is 1.92. The highest BCUT2D eigenvalue weighted by atomic mass is 35.5. The van der Waals surface area contributed by atoms with Crippen LogP contribution in [0.25, 0.3) is 0 Å². The summed E-state index contributed by atoms with van der Waals surface area (Å²) < 4.78 is 18.0. The first-order chi connectivity index (χ1) is 11.0. The molecule has 3 atom stereocenters. The maximum Gasteiger partial charge on any atom is 0.326 e. The highest BCUT2D eigenvalue weighted by molar-refractivity contribution is 7.99. The third kappa shape index (κ3) is 2.61. The van der Waals surface area contributed by atoms with E-state index in [1.54, 1.807) is 6.92 Å². The molecule has 3 rings (SSSR count). The number of hydrogen-bond acceptors (Lipinski definition) is 5. The molecule has 1 aromatic rings. The van der Waals surface area contributed by atoms with Gasteiger partial charge in [0.05, 0.1) is 6.61 Å². The lowest BCUT2D eigenvalue weighted by molar-refractivity contribution is -0.154. The van der Waals surface area contributed by atoms with Crippen LogP contribution in [0.2, 0.25) is 5.02 Å². The van der Waals surface area contributed by atoms with E-state index in [0.717, 1.165) is 6.07 Å². The summed E-state index contributed by atoms with van der Waals surface area (Å²) in [5.74, 6) is -3.34. The van der Waals surface area contributed by atoms with Crippen LogP contribution in [-0.4, -0.2) is 41.0 Å². The van der Waals surface area contributed by atoms with E-state index in [1.165, 1.54) is 28.8 Å². The van der Waals surface area contributed by atoms with Crippen molar-refractivity contribution >= 4 is 41.0 Å². The quantitative estimate of drug-likeness (QED) is 0.613. The molecule has 0 spiro atoms. The van der Waals surface area contributed by atoms with Crippen molar-refractivity contribution in [3.63, 3.8) is 0 Å². The first-order valence-corrected chi connectivity index (χ1v) is 8.47. The van der Waals surface area contributed by atoms with Crippen molar-refractivity contribution < 1.29 is 23.5 Å². The Labute approximate surface area is 141 Å². The summed E-state index contributed by atoms with van der Waals surface area (Å²) in [5, 5.41) is -0.327. The van der Waals surface area contributed by atoms with Gasteiger partial charge < -0.3 is 9.64 Å². The number of hydrogen-bond donors (Lipinski definition) is 0. The zero-order valence-electron chi connectivity index (χ0n) is 12.1. The Morgan fingerprint density at radius 1 is 1.48 bits per heavy atom. The van der Waals surface area contributed by atoms with Gasteiger partial charge in [-0.15, -0.1) is 11.8 Å². The number of Topliss-reactive ketones (excluding diaryl/α,β-unsaturated/α-hetero) is 1. The number of fused-ring (bicyclic) bond motifs is 1. The molecule has 0 radical (unpaired) electrons. The Hall–Kier alpha value is -1.60. The lowest BCUT2D eigenvalue weighted by atomic mass is 10.0. The van der Waals surface area contributed by atoms with Crippen LogP contribution in [0.5, 0.6) is 0 Å². The number of esters is 1. The molecule has 2 unspecified atom stereocenters. The van der Waals surface area contributed by atoms with Gasteiger partial charge in [0.25, 0.3) is 0 Å². The fourth-order valence-corrected chi connectivity index (χ4v) is 4.66. The number of rotatable bonds is 3. The first kappa shape index (κ1) is 16.3. The summed E-state index contributed by atoms with van der Waals surface area (Å²) in [5.41, 5.74) is 0.547. The highest BCUT2D eigenvalue weighted by Gasteiger charge is 2.57. The lowest BCUT2D eigenvalue weighted by Gasteiger charge is -2.23. The molecular weight excluding hydrogens is 345 g/mol. The zero-order chi connectivity index (χ0) is 16.7. The van der Waals surface area contributed by atoms with Crippen LogP contribution in [0, 0.1) is 11.7 Å². The number of ketones is 1. The van der Waals surface area contributed by atoms with Crippen molar-refractivity contribution in [2.24, 2.45) is 5.92 Å². The van der Waals surface area contributed by atoms with Gasteiger partial charge in [-0.1, -0.05) is 17.7 Å². The van der Waals surface area contributed by atoms with Crippen LogP contribution in [0.4, 0.5) is 4.39 Å². The molecule has 8 heteroatoms. The number of carbonyl (C=O) groups is 3. The molecule has 23 heavy (non-hydrogen) atoms. The Morgan fingerprint density at radius 3 is 2.87 bits per heavy atom. The summed E-state index contributed by atoms with van der Waals surface area (Å²) in [6, 6.07) is 3.23. The van der Waals surface area contributed by atoms with Gasteiger partial charge in [-0.25, -0.2) is 4.39 Å². The Morgan fingerprint density at radius 2 is 2.22 bits per heavy atom. The molecular formula is C15H13ClFNO4S. The molecule has 0 bridgehead atoms. The Bertz CT molecular complexity index is 698. The predicted molar refractivity (Wildman–Crippen MR) is 82.4 cm³/mol. The van der Waals surface area contributed by atoms with Crippen LogP contribution in [0.15, 0.2) is 18.2 Å². The molecule has 2 aliphatic rings. The summed E-state index contributed by atoms with van der Waals surface area (Å²) >= 11 is 7.43. The summed E-state index contributed by atoms with van der Waals surface area (Å²) in [6.07, 6.45) is 0. The molecule has 2 heterocycles. The topological polar surface area (TPSA) is 63.7 Å². The van der Waals surface area contributed by atoms with Crippen LogP contribution < -0.4 is 0 Å². The van der Waals surface area contributed by atoms with Crippen LogP contribution in [0.3, 0.4) is 0 Å². The number of ether oxygens (including phenoxy) is 1. The molecule has 2 aliphatic heterocycles. The molecule has 0 saturated carbocycles. The minimum Gasteiger partial charge on any atom is -0.465 e. The number of amides is 1. The largest absolute Gasteiger partial charge is 0.465 e. The number of thioether (sulfide) groups is 1. The molecule has 1 aromatic carbocycles. The molecule has 2 fully saturated rings. The number of carbonyl (C=O) groups excluding carboxylic acids is 3. The van der Waals surface area contributed by atoms with Gasteiger partial charge in [0, 0.05) is 16.3 Å². The maximum absolute atomic E-state index is 13.2. The van der Waals surface area contributed by atoms with Crippen LogP contribution in [0.1, 0.15) is 17.9 Å². The van der Waals surface area contributed by atoms with Gasteiger partial charge in [0.1, 0.15) is 17.2 Å². The zero-order valence-corrected chi connectivity index (χ0v) is 13.7. The van der Waals surface area contributed by atoms with E-state index in [1.807, 2.05) is 0 Å². The van der Waals surface area contributed by atoms with Crippen molar-refractivity contribution in [1.29, 1.82) is 0 Å². The van der Waals surface area contributed by atoms with Gasteiger partial charge in [-0.05, 0) is 19.1 Å². The second kappa shape index (κ2) is 6.13. The molecule has 5 nitrogen and oxygen atoms in total. The standard InChI is InChI=1S/C15H13ClFNO4S/c1-2-22-15(21)11-12(19)10-6-23-14(18(10)13(11)20)8-4-3-7(17)5-9(8)16/h3-5,10-11,14H,2,6H2,1H3/t10?,11?,14-/m0/s1. The molecule has 0 aliphatic carbocycles. The van der Waals surface area contributed by atoms with Crippen molar-refractivity contribution in [2.45, 2.75) is 18.3 Å². The number of nitrogens with zero attached hydrogens (tertiary/aromatic N) is 1. The van der Waals surface area contributed by atoms with Gasteiger partial charge in [-0.3, -0.25) is 14.4 Å². The van der Waals surface area contributed by atoms with Gasteiger partial charge in [0.15, 0.2) is 11.7 Å². The molecule has 1 amide bonds. The molecule has 122 valence electrons. The van der Waals surface area contributed by atoms with E-state index < -0.39 is 40.8 Å². The minimum absolute atomic E-state index is 0.0997. The minimum atomic E-state index is -1.40. The van der Waals surface area contributed by atoms with E-state index >= 15 is 0 Å². The molecule has 0 N–H and O–H groups in total. The fourth-order valence-electron chi connectivity index (χ4n) is 2.84. The summed E-state index contributed by atoms with van der Waals surface area (Å²) in [7, 11) is 0. The summed E-state index contributed by atoms with van der Waals surface area (Å²) in [4.78, 5) is 38.2. The third-order valence-electron chi connectivity index (χ3n) is 3.87. The van der Waals surface area contributed by atoms with E-state index in [2.05, 4.69) is 0 Å². The fraction of sp³-hybridized carbons (Fsp3) is 0.400. The van der Waals surface area contributed by atoms with Crippen LogP contribution >= 0.6 is 23.4 Å². The number of halogens is 2. The van der Waals surface area contributed by atoms with Crippen molar-refractivity contribution in [3.8, 4) is 0 Å². The normalized spacial score (nSPS) is 26.6. The highest BCUT2D eigenvalue weighted by Crippen LogP contribution is 2.48. The van der Waals surface area contributed by atoms with Crippen LogP contribution in [-0.2, 0) is 19.1 Å². The van der Waals surface area contributed by atoms with Gasteiger partial charge in [0.2, 0.25) is 5.91 Å². The van der Waals surface area contributed by atoms with Gasteiger partial charge in [-0.2, -0.15) is 0 Å². The second-order valence-electron chi connectivity index (χ2n) is 5.20. The number of benzene rings is 1. The second-order valence-corrected chi connectivity index (χ2v) is 6.72. The SMILES string of the molecule is CCOC(=O)C1C(=O)C2CS[C@@H](c3ccc(F)cc3Cl)N2C1=O. The van der Waals surface area contributed by atoms with Crippen molar-refractivity contribution in [2.75, 3.05) is 12.4 Å². The van der Waals surface area contributed by atoms with E-state index in [4.69, 9.17) is 16.3 Å². The summed E-state index contributed by atoms with van der Waals surface area (Å²) in [6.45, 7) is 1.71. The van der Waals surface area contributed by atoms with Crippen molar-refractivity contribution in [1.82, 2.24) is 4.90 Å². The predicted octanol–water partition coefficient (Wildman–Crippen LogP) is 2.18. The van der Waals surface area contributed by atoms with Crippen molar-refractivity contribution in [3.05, 3.63) is 34.6 Å². The smallest absolute Gasteiger partial charge is 0.326 e. The first-order valence-electron chi connectivity index (χ1n) is 7.04. The average Bonchev–Trinajstić information content (AvgIpc) is 3.01. The average molecular weight is 358 g/mol. The monoisotopic (exact) mass is 357 g/mol. The van der Waals surface area contributed by atoms with E-state index in [9.17, 15) is 18.8 Å². The van der Waals surface area contributed by atoms with Gasteiger partial charge >= 0.3 is 5.97 Å². The molecule has 2 saturated heterocycles.